The summed E-state index contributed by atoms with van der Waals surface area (Å²) in [5.41, 5.74) is 0.962. The van der Waals surface area contributed by atoms with Crippen molar-refractivity contribution < 1.29 is 19.0 Å². The monoisotopic (exact) mass is 425 g/mol. The van der Waals surface area contributed by atoms with Crippen molar-refractivity contribution in [3.8, 4) is 17.4 Å². The molecule has 0 bridgehead atoms. The SMILES string of the molecule is O=C(CN1CCCCCCOc2ccccc2Oc2ncccc2C1)N1CCOCC1. The first-order chi connectivity index (χ1) is 15.3. The fourth-order valence-corrected chi connectivity index (χ4v) is 3.93. The van der Waals surface area contributed by atoms with Crippen molar-refractivity contribution in [2.75, 3.05) is 46.0 Å². The van der Waals surface area contributed by atoms with Crippen molar-refractivity contribution >= 4 is 5.91 Å². The van der Waals surface area contributed by atoms with Crippen LogP contribution in [0.3, 0.4) is 0 Å². The van der Waals surface area contributed by atoms with Gasteiger partial charge in [0.05, 0.1) is 26.4 Å². The molecule has 0 unspecified atom stereocenters. The van der Waals surface area contributed by atoms with Crippen molar-refractivity contribution in [3.05, 3.63) is 48.2 Å². The Bertz CT molecular complexity index is 854. The molecule has 3 heterocycles. The molecule has 2 aliphatic rings. The molecule has 7 heteroatoms. The Kier molecular flexibility index (Phi) is 7.74. The summed E-state index contributed by atoms with van der Waals surface area (Å²) >= 11 is 0. The van der Waals surface area contributed by atoms with E-state index < -0.39 is 0 Å². The van der Waals surface area contributed by atoms with Crippen molar-refractivity contribution in [2.24, 2.45) is 0 Å². The van der Waals surface area contributed by atoms with Gasteiger partial charge in [0.25, 0.3) is 0 Å². The number of amides is 1. The second-order valence-electron chi connectivity index (χ2n) is 7.98. The van der Waals surface area contributed by atoms with Gasteiger partial charge in [-0.05, 0) is 37.6 Å². The first-order valence-electron chi connectivity index (χ1n) is 11.2. The zero-order valence-electron chi connectivity index (χ0n) is 18.0. The summed E-state index contributed by atoms with van der Waals surface area (Å²) in [6.07, 6.45) is 5.99. The second-order valence-corrected chi connectivity index (χ2v) is 7.98. The highest BCUT2D eigenvalue weighted by Crippen LogP contribution is 2.32. The standard InChI is InChI=1S/C24H31N3O4/c28-23(27-13-16-29-17-14-27)19-26-12-5-1-2-6-15-30-21-9-3-4-10-22(21)31-24-20(18-26)8-7-11-25-24/h3-4,7-11H,1-2,5-6,12-19H2. The third kappa shape index (κ3) is 6.18. The van der Waals surface area contributed by atoms with Crippen molar-refractivity contribution in [3.63, 3.8) is 0 Å². The molecule has 0 aliphatic carbocycles. The Labute approximate surface area is 183 Å². The Morgan fingerprint density at radius 2 is 1.71 bits per heavy atom. The fraction of sp³-hybridized carbons (Fsp3) is 0.500. The smallest absolute Gasteiger partial charge is 0.236 e. The number of carbonyl (C=O) groups is 1. The first kappa shape index (κ1) is 21.6. The van der Waals surface area contributed by atoms with E-state index in [9.17, 15) is 4.79 Å². The van der Waals surface area contributed by atoms with Gasteiger partial charge in [-0.3, -0.25) is 9.69 Å². The molecule has 31 heavy (non-hydrogen) atoms. The molecular formula is C24H31N3O4. The van der Waals surface area contributed by atoms with Crippen molar-refractivity contribution in [1.82, 2.24) is 14.8 Å². The van der Waals surface area contributed by atoms with Gasteiger partial charge in [0.1, 0.15) is 0 Å². The Morgan fingerprint density at radius 3 is 2.58 bits per heavy atom. The molecule has 2 aromatic rings. The van der Waals surface area contributed by atoms with E-state index in [1.165, 1.54) is 0 Å². The van der Waals surface area contributed by atoms with E-state index in [2.05, 4.69) is 9.88 Å². The summed E-state index contributed by atoms with van der Waals surface area (Å²) in [5, 5.41) is 0. The maximum Gasteiger partial charge on any atom is 0.236 e. The summed E-state index contributed by atoms with van der Waals surface area (Å²) in [6, 6.07) is 11.6. The van der Waals surface area contributed by atoms with E-state index in [1.54, 1.807) is 6.20 Å². The first-order valence-corrected chi connectivity index (χ1v) is 11.2. The van der Waals surface area contributed by atoms with Crippen LogP contribution >= 0.6 is 0 Å². The maximum absolute atomic E-state index is 12.9. The molecule has 4 rings (SSSR count). The van der Waals surface area contributed by atoms with Gasteiger partial charge < -0.3 is 19.1 Å². The van der Waals surface area contributed by atoms with Crippen LogP contribution in [0.25, 0.3) is 0 Å². The van der Waals surface area contributed by atoms with Gasteiger partial charge in [-0.25, -0.2) is 4.98 Å². The van der Waals surface area contributed by atoms with E-state index in [0.717, 1.165) is 43.5 Å². The largest absolute Gasteiger partial charge is 0.490 e. The van der Waals surface area contributed by atoms with E-state index in [0.29, 0.717) is 57.6 Å². The molecular weight excluding hydrogens is 394 g/mol. The summed E-state index contributed by atoms with van der Waals surface area (Å²) < 4.78 is 17.5. The van der Waals surface area contributed by atoms with Crippen LogP contribution in [-0.4, -0.2) is 66.7 Å². The Morgan fingerprint density at radius 1 is 0.903 bits per heavy atom. The third-order valence-electron chi connectivity index (χ3n) is 5.65. The normalized spacial score (nSPS) is 18.6. The van der Waals surface area contributed by atoms with E-state index in [1.807, 2.05) is 41.3 Å². The second kappa shape index (κ2) is 11.1. The molecule has 1 saturated heterocycles. The highest BCUT2D eigenvalue weighted by Gasteiger charge is 2.21. The molecule has 0 N–H and O–H groups in total. The molecule has 1 amide bonds. The number of nitrogens with zero attached hydrogens (tertiary/aromatic N) is 3. The summed E-state index contributed by atoms with van der Waals surface area (Å²) in [7, 11) is 0. The molecule has 0 atom stereocenters. The van der Waals surface area contributed by atoms with Crippen LogP contribution in [-0.2, 0) is 16.1 Å². The average molecular weight is 426 g/mol. The number of fused-ring (bicyclic) bond motifs is 2. The molecule has 0 spiro atoms. The zero-order valence-corrected chi connectivity index (χ0v) is 18.0. The molecule has 7 nitrogen and oxygen atoms in total. The van der Waals surface area contributed by atoms with Gasteiger partial charge in [0.15, 0.2) is 11.5 Å². The molecule has 0 saturated carbocycles. The Balaban J connectivity index is 1.54. The number of aromatic nitrogens is 1. The Hall–Kier alpha value is -2.64. The average Bonchev–Trinajstić information content (AvgIpc) is 2.80. The number of hydrogen-bond acceptors (Lipinski definition) is 6. The number of para-hydroxylation sites is 2. The van der Waals surface area contributed by atoms with Crippen LogP contribution < -0.4 is 9.47 Å². The highest BCUT2D eigenvalue weighted by molar-refractivity contribution is 5.78. The van der Waals surface area contributed by atoms with Crippen LogP contribution in [0.4, 0.5) is 0 Å². The topological polar surface area (TPSA) is 64.1 Å². The van der Waals surface area contributed by atoms with Crippen LogP contribution in [0.1, 0.15) is 31.2 Å². The van der Waals surface area contributed by atoms with Crippen LogP contribution in [0, 0.1) is 0 Å². The van der Waals surface area contributed by atoms with E-state index in [-0.39, 0.29) is 5.91 Å². The lowest BCUT2D eigenvalue weighted by Gasteiger charge is -2.30. The number of pyridine rings is 1. The molecule has 1 fully saturated rings. The molecule has 166 valence electrons. The fourth-order valence-electron chi connectivity index (χ4n) is 3.93. The van der Waals surface area contributed by atoms with E-state index >= 15 is 0 Å². The highest BCUT2D eigenvalue weighted by atomic mass is 16.5. The summed E-state index contributed by atoms with van der Waals surface area (Å²) in [4.78, 5) is 21.5. The predicted molar refractivity (Wildman–Crippen MR) is 117 cm³/mol. The van der Waals surface area contributed by atoms with Gasteiger partial charge in [0.2, 0.25) is 11.8 Å². The van der Waals surface area contributed by atoms with Crippen molar-refractivity contribution in [2.45, 2.75) is 32.2 Å². The summed E-state index contributed by atoms with van der Waals surface area (Å²) in [6.45, 7) is 5.11. The van der Waals surface area contributed by atoms with Crippen LogP contribution in [0.15, 0.2) is 42.6 Å². The molecule has 0 radical (unpaired) electrons. The number of ether oxygens (including phenoxy) is 3. The number of rotatable bonds is 2. The van der Waals surface area contributed by atoms with E-state index in [4.69, 9.17) is 14.2 Å². The minimum Gasteiger partial charge on any atom is -0.490 e. The van der Waals surface area contributed by atoms with Crippen molar-refractivity contribution in [1.29, 1.82) is 0 Å². The van der Waals surface area contributed by atoms with Gasteiger partial charge in [0, 0.05) is 31.4 Å². The predicted octanol–water partition coefficient (Wildman–Crippen LogP) is 3.49. The number of benzene rings is 1. The van der Waals surface area contributed by atoms with Gasteiger partial charge in [-0.1, -0.05) is 31.0 Å². The molecule has 1 aromatic heterocycles. The lowest BCUT2D eigenvalue weighted by Crippen LogP contribution is -2.45. The maximum atomic E-state index is 12.9. The molecule has 2 aliphatic heterocycles. The number of carbonyl (C=O) groups excluding carboxylic acids is 1. The van der Waals surface area contributed by atoms with Crippen LogP contribution in [0.2, 0.25) is 0 Å². The van der Waals surface area contributed by atoms with Crippen LogP contribution in [0.5, 0.6) is 17.4 Å². The minimum atomic E-state index is 0.162. The quantitative estimate of drug-likeness (QED) is 0.734. The minimum absolute atomic E-state index is 0.162. The number of hydrogen-bond donors (Lipinski definition) is 0. The third-order valence-corrected chi connectivity index (χ3v) is 5.65. The lowest BCUT2D eigenvalue weighted by atomic mass is 10.1. The zero-order chi connectivity index (χ0) is 21.3. The van der Waals surface area contributed by atoms with Gasteiger partial charge >= 0.3 is 0 Å². The van der Waals surface area contributed by atoms with Gasteiger partial charge in [-0.15, -0.1) is 0 Å². The summed E-state index contributed by atoms with van der Waals surface area (Å²) in [5.74, 6) is 2.11. The van der Waals surface area contributed by atoms with Gasteiger partial charge in [-0.2, -0.15) is 0 Å². The lowest BCUT2D eigenvalue weighted by molar-refractivity contribution is -0.136. The number of morpholine rings is 1. The molecule has 1 aromatic carbocycles.